The number of likely N-dealkylation sites (tertiary alicyclic amines) is 1. The first-order valence-electron chi connectivity index (χ1n) is 11.8. The Hall–Kier alpha value is -3.39. The smallest absolute Gasteiger partial charge is 0.298 e. The number of nitrogens with one attached hydrogen (secondary N) is 1. The van der Waals surface area contributed by atoms with Crippen LogP contribution in [-0.4, -0.2) is 51.9 Å². The standard InChI is InChI=1S/C27H27N5OS/c1-2-20-9-8-10-21(17-20)30-26-25-22-12-16-32(18-23(22)34-27(25)29-19-28-26)24(33)11-4-7-15-31-13-5-3-6-14-31/h1,8-10,17,19H,3,5-7,12-16,18H2,(H,28,29,30). The van der Waals surface area contributed by atoms with Crippen LogP contribution in [0.3, 0.4) is 0 Å². The molecule has 0 unspecified atom stereocenters. The molecule has 1 N–H and O–H groups in total. The van der Waals surface area contributed by atoms with Crippen molar-refractivity contribution >= 4 is 39.0 Å². The number of hydrogen-bond acceptors (Lipinski definition) is 6. The maximum Gasteiger partial charge on any atom is 0.298 e. The van der Waals surface area contributed by atoms with Gasteiger partial charge in [-0.1, -0.05) is 24.3 Å². The number of piperidine rings is 1. The van der Waals surface area contributed by atoms with Crippen molar-refractivity contribution in [2.45, 2.75) is 38.6 Å². The number of benzene rings is 1. The normalized spacial score (nSPS) is 15.8. The van der Waals surface area contributed by atoms with Crippen LogP contribution >= 0.6 is 11.3 Å². The summed E-state index contributed by atoms with van der Waals surface area (Å²) >= 11 is 1.63. The SMILES string of the molecule is C#Cc1cccc(Nc2ncnc3sc4c(c23)CCN(C(=O)C#CCCN2CCCCC2)C4)c1. The maximum absolute atomic E-state index is 12.7. The molecule has 34 heavy (non-hydrogen) atoms. The highest BCUT2D eigenvalue weighted by Crippen LogP contribution is 2.38. The minimum atomic E-state index is -0.0858. The summed E-state index contributed by atoms with van der Waals surface area (Å²) in [5.74, 6) is 9.32. The number of carbonyl (C=O) groups excluding carboxylic acids is 1. The summed E-state index contributed by atoms with van der Waals surface area (Å²) in [5, 5.41) is 4.44. The number of thiophene rings is 1. The summed E-state index contributed by atoms with van der Waals surface area (Å²) in [4.78, 5) is 28.1. The van der Waals surface area contributed by atoms with E-state index in [0.29, 0.717) is 13.1 Å². The predicted molar refractivity (Wildman–Crippen MR) is 137 cm³/mol. The van der Waals surface area contributed by atoms with E-state index in [4.69, 9.17) is 6.42 Å². The molecule has 1 fully saturated rings. The second-order valence-corrected chi connectivity index (χ2v) is 9.77. The number of aromatic nitrogens is 2. The number of fused-ring (bicyclic) bond motifs is 3. The summed E-state index contributed by atoms with van der Waals surface area (Å²) in [6, 6.07) is 7.72. The summed E-state index contributed by atoms with van der Waals surface area (Å²) in [5.41, 5.74) is 2.93. The van der Waals surface area contributed by atoms with E-state index in [9.17, 15) is 4.79 Å². The Balaban J connectivity index is 1.28. The van der Waals surface area contributed by atoms with Crippen molar-refractivity contribution in [3.05, 3.63) is 46.6 Å². The van der Waals surface area contributed by atoms with Crippen LogP contribution in [0.4, 0.5) is 11.5 Å². The van der Waals surface area contributed by atoms with Crippen LogP contribution in [0, 0.1) is 24.2 Å². The number of nitrogens with zero attached hydrogens (tertiary/aromatic N) is 4. The van der Waals surface area contributed by atoms with Crippen molar-refractivity contribution < 1.29 is 4.79 Å². The van der Waals surface area contributed by atoms with Gasteiger partial charge in [-0.25, -0.2) is 9.97 Å². The molecule has 2 aliphatic heterocycles. The molecule has 0 saturated carbocycles. The van der Waals surface area contributed by atoms with Crippen LogP contribution in [0.15, 0.2) is 30.6 Å². The fourth-order valence-corrected chi connectivity index (χ4v) is 5.84. The lowest BCUT2D eigenvalue weighted by atomic mass is 10.0. The minimum absolute atomic E-state index is 0.0858. The van der Waals surface area contributed by atoms with Crippen LogP contribution in [0.25, 0.3) is 10.2 Å². The van der Waals surface area contributed by atoms with E-state index >= 15 is 0 Å². The van der Waals surface area contributed by atoms with Crippen molar-refractivity contribution in [3.8, 4) is 24.2 Å². The quantitative estimate of drug-likeness (QED) is 0.581. The monoisotopic (exact) mass is 469 g/mol. The Morgan fingerprint density at radius 3 is 2.91 bits per heavy atom. The summed E-state index contributed by atoms with van der Waals surface area (Å²) < 4.78 is 0. The zero-order valence-corrected chi connectivity index (χ0v) is 20.0. The molecule has 7 heteroatoms. The van der Waals surface area contributed by atoms with Gasteiger partial charge in [0.2, 0.25) is 0 Å². The number of carbonyl (C=O) groups is 1. The van der Waals surface area contributed by atoms with Gasteiger partial charge in [0.15, 0.2) is 0 Å². The van der Waals surface area contributed by atoms with Crippen molar-refractivity contribution in [2.75, 3.05) is 31.5 Å². The topological polar surface area (TPSA) is 61.4 Å². The summed E-state index contributed by atoms with van der Waals surface area (Å²) in [6.45, 7) is 4.50. The molecule has 2 aromatic heterocycles. The summed E-state index contributed by atoms with van der Waals surface area (Å²) in [7, 11) is 0. The molecule has 5 rings (SSSR count). The molecule has 0 bridgehead atoms. The van der Waals surface area contributed by atoms with Gasteiger partial charge in [0.1, 0.15) is 17.0 Å². The fraction of sp³-hybridized carbons (Fsp3) is 0.370. The first-order valence-corrected chi connectivity index (χ1v) is 12.6. The predicted octanol–water partition coefficient (Wildman–Crippen LogP) is 4.18. The molecule has 1 amide bonds. The molecule has 172 valence electrons. The van der Waals surface area contributed by atoms with Crippen LogP contribution in [0.5, 0.6) is 0 Å². The fourth-order valence-electron chi connectivity index (χ4n) is 4.63. The van der Waals surface area contributed by atoms with Crippen molar-refractivity contribution in [2.24, 2.45) is 0 Å². The molecule has 3 aromatic rings. The highest BCUT2D eigenvalue weighted by molar-refractivity contribution is 7.19. The zero-order valence-electron chi connectivity index (χ0n) is 19.1. The average Bonchev–Trinajstić information content (AvgIpc) is 3.26. The maximum atomic E-state index is 12.7. The molecular weight excluding hydrogens is 442 g/mol. The minimum Gasteiger partial charge on any atom is -0.340 e. The Bertz CT molecular complexity index is 1310. The number of hydrogen-bond donors (Lipinski definition) is 1. The van der Waals surface area contributed by atoms with Gasteiger partial charge >= 0.3 is 0 Å². The zero-order chi connectivity index (χ0) is 23.3. The molecule has 0 aliphatic carbocycles. The Morgan fingerprint density at radius 2 is 2.06 bits per heavy atom. The van der Waals surface area contributed by atoms with Crippen LogP contribution in [0.2, 0.25) is 0 Å². The van der Waals surface area contributed by atoms with E-state index < -0.39 is 0 Å². The molecule has 4 heterocycles. The van der Waals surface area contributed by atoms with E-state index in [1.54, 1.807) is 17.7 Å². The molecule has 0 radical (unpaired) electrons. The van der Waals surface area contributed by atoms with Gasteiger partial charge in [-0.3, -0.25) is 4.79 Å². The van der Waals surface area contributed by atoms with Gasteiger partial charge in [-0.2, -0.15) is 0 Å². The lowest BCUT2D eigenvalue weighted by Crippen LogP contribution is -2.34. The largest absolute Gasteiger partial charge is 0.340 e. The van der Waals surface area contributed by atoms with Gasteiger partial charge in [0.05, 0.1) is 11.9 Å². The number of anilines is 2. The van der Waals surface area contributed by atoms with E-state index in [0.717, 1.165) is 64.6 Å². The highest BCUT2D eigenvalue weighted by Gasteiger charge is 2.25. The second-order valence-electron chi connectivity index (χ2n) is 8.69. The number of rotatable bonds is 4. The third kappa shape index (κ3) is 4.92. The van der Waals surface area contributed by atoms with E-state index in [1.165, 1.54) is 24.8 Å². The van der Waals surface area contributed by atoms with Gasteiger partial charge in [-0.15, -0.1) is 17.8 Å². The van der Waals surface area contributed by atoms with Crippen LogP contribution in [0.1, 0.15) is 41.7 Å². The van der Waals surface area contributed by atoms with Gasteiger partial charge < -0.3 is 15.1 Å². The first-order chi connectivity index (χ1) is 16.7. The van der Waals surface area contributed by atoms with Gasteiger partial charge in [0, 0.05) is 35.6 Å². The molecule has 0 spiro atoms. The Labute approximate surface area is 204 Å². The van der Waals surface area contributed by atoms with E-state index in [1.807, 2.05) is 29.2 Å². The van der Waals surface area contributed by atoms with Crippen molar-refractivity contribution in [1.29, 1.82) is 0 Å². The summed E-state index contributed by atoms with van der Waals surface area (Å²) in [6.07, 6.45) is 12.5. The van der Waals surface area contributed by atoms with Crippen LogP contribution in [-0.2, 0) is 17.8 Å². The number of amides is 1. The molecule has 0 atom stereocenters. The Kier molecular flexibility index (Phi) is 6.76. The highest BCUT2D eigenvalue weighted by atomic mass is 32.1. The van der Waals surface area contributed by atoms with E-state index in [-0.39, 0.29) is 5.91 Å². The third-order valence-electron chi connectivity index (χ3n) is 6.41. The molecule has 2 aliphatic rings. The van der Waals surface area contributed by atoms with E-state index in [2.05, 4.69) is 37.9 Å². The lowest BCUT2D eigenvalue weighted by Gasteiger charge is -2.25. The number of terminal acetylenes is 1. The van der Waals surface area contributed by atoms with Gasteiger partial charge in [0.25, 0.3) is 5.91 Å². The Morgan fingerprint density at radius 1 is 1.18 bits per heavy atom. The van der Waals surface area contributed by atoms with Gasteiger partial charge in [-0.05, 0) is 62.0 Å². The average molecular weight is 470 g/mol. The second kappa shape index (κ2) is 10.3. The third-order valence-corrected chi connectivity index (χ3v) is 7.54. The molecular formula is C27H27N5OS. The molecule has 1 aromatic carbocycles. The molecule has 6 nitrogen and oxygen atoms in total. The van der Waals surface area contributed by atoms with Crippen LogP contribution < -0.4 is 5.32 Å². The molecule has 1 saturated heterocycles. The lowest BCUT2D eigenvalue weighted by molar-refractivity contribution is -0.125. The van der Waals surface area contributed by atoms with Crippen molar-refractivity contribution in [3.63, 3.8) is 0 Å². The first kappa shape index (κ1) is 22.4. The van der Waals surface area contributed by atoms with Crippen molar-refractivity contribution in [1.82, 2.24) is 19.8 Å².